The van der Waals surface area contributed by atoms with Gasteiger partial charge in [0.25, 0.3) is 0 Å². The summed E-state index contributed by atoms with van der Waals surface area (Å²) in [6.45, 7) is 0. The Labute approximate surface area is 165 Å². The van der Waals surface area contributed by atoms with Crippen LogP contribution in [0.15, 0.2) is 23.6 Å². The molecule has 0 atom stereocenters. The van der Waals surface area contributed by atoms with Crippen LogP contribution in [0.1, 0.15) is 11.3 Å². The summed E-state index contributed by atoms with van der Waals surface area (Å²) in [6, 6.07) is 4.87. The van der Waals surface area contributed by atoms with Gasteiger partial charge in [0.15, 0.2) is 5.13 Å². The molecule has 128 valence electrons. The zero-order valence-electron chi connectivity index (χ0n) is 11.3. The number of hydrogen-bond acceptors (Lipinski definition) is 5. The van der Waals surface area contributed by atoms with Crippen molar-refractivity contribution in [2.75, 3.05) is 5.09 Å². The monoisotopic (exact) mass is 464 g/mol. The molecular formula is C12H6Cl5N2O3PS. The molecule has 0 aliphatic carbocycles. The smallest absolute Gasteiger partial charge is 0.343 e. The summed E-state index contributed by atoms with van der Waals surface area (Å²) >= 11 is 29.2. The van der Waals surface area contributed by atoms with Crippen LogP contribution in [-0.4, -0.2) is 11.0 Å². The van der Waals surface area contributed by atoms with Crippen molar-refractivity contribution in [2.45, 2.75) is 0 Å². The summed E-state index contributed by atoms with van der Waals surface area (Å²) in [5, 5.41) is 4.62. The van der Waals surface area contributed by atoms with Crippen molar-refractivity contribution in [2.24, 2.45) is 0 Å². The first kappa shape index (κ1) is 19.9. The fourth-order valence-electron chi connectivity index (χ4n) is 1.63. The minimum Gasteiger partial charge on any atom is -0.343 e. The van der Waals surface area contributed by atoms with E-state index in [1.807, 2.05) is 0 Å². The summed E-state index contributed by atoms with van der Waals surface area (Å²) in [5.41, 5.74) is 0.565. The second-order valence-corrected chi connectivity index (χ2v) is 10.5. The maximum absolute atomic E-state index is 12.0. The van der Waals surface area contributed by atoms with Crippen molar-refractivity contribution >= 4 is 97.6 Å². The van der Waals surface area contributed by atoms with Gasteiger partial charge in [0.1, 0.15) is 11.9 Å². The molecule has 0 bridgehead atoms. The molecule has 1 aromatic heterocycles. The van der Waals surface area contributed by atoms with E-state index in [1.54, 1.807) is 18.2 Å². The zero-order chi connectivity index (χ0) is 17.9. The third-order valence-corrected chi connectivity index (χ3v) is 5.27. The average molecular weight is 466 g/mol. The molecular weight excluding hydrogens is 460 g/mol. The van der Waals surface area contributed by atoms with Gasteiger partial charge < -0.3 is 4.29 Å². The number of nitrogens with zero attached hydrogens (tertiary/aromatic N) is 1. The van der Waals surface area contributed by atoms with Gasteiger partial charge in [-0.25, -0.2) is 9.78 Å². The summed E-state index contributed by atoms with van der Waals surface area (Å²) in [5.74, 6) is -4.45. The van der Waals surface area contributed by atoms with Crippen molar-refractivity contribution in [1.29, 1.82) is 0 Å². The molecule has 0 saturated heterocycles. The van der Waals surface area contributed by atoms with Gasteiger partial charge in [-0.05, 0) is 40.7 Å². The van der Waals surface area contributed by atoms with E-state index in [9.17, 15) is 9.36 Å². The molecule has 12 heteroatoms. The molecule has 1 aromatic carbocycles. The molecule has 2 rings (SSSR count). The predicted octanol–water partition coefficient (Wildman–Crippen LogP) is 6.69. The minimum absolute atomic E-state index is 0.0109. The van der Waals surface area contributed by atoms with Crippen molar-refractivity contribution in [3.8, 4) is 0 Å². The predicted molar refractivity (Wildman–Crippen MR) is 101 cm³/mol. The molecule has 0 spiro atoms. The summed E-state index contributed by atoms with van der Waals surface area (Å²) in [6.07, 6.45) is 1.38. The highest BCUT2D eigenvalue weighted by Gasteiger charge is 2.21. The molecule has 0 radical (unpaired) electrons. The fraction of sp³-hybridized carbons (Fsp3) is 0. The van der Waals surface area contributed by atoms with Crippen LogP contribution in [0.5, 0.6) is 0 Å². The maximum Gasteiger partial charge on any atom is 0.358 e. The lowest BCUT2D eigenvalue weighted by Crippen LogP contribution is -2.02. The number of carbonyl (C=O) groups excluding carboxylic acids is 1. The van der Waals surface area contributed by atoms with E-state index in [2.05, 4.69) is 14.4 Å². The number of halogens is 5. The number of benzene rings is 1. The maximum atomic E-state index is 12.0. The first-order chi connectivity index (χ1) is 11.2. The second kappa shape index (κ2) is 8.28. The normalized spacial score (nSPS) is 12.1. The molecule has 5 nitrogen and oxygen atoms in total. The lowest BCUT2D eigenvalue weighted by molar-refractivity contribution is -0.127. The summed E-state index contributed by atoms with van der Waals surface area (Å²) < 4.78 is 15.6. The van der Waals surface area contributed by atoms with Gasteiger partial charge in [0, 0.05) is 21.0 Å². The summed E-state index contributed by atoms with van der Waals surface area (Å²) in [4.78, 5) is 16.0. The highest BCUT2D eigenvalue weighted by atomic mass is 35.9. The molecule has 24 heavy (non-hydrogen) atoms. The molecule has 0 unspecified atom stereocenters. The van der Waals surface area contributed by atoms with Gasteiger partial charge in [0.05, 0.1) is 11.3 Å². The van der Waals surface area contributed by atoms with Crippen molar-refractivity contribution in [3.63, 3.8) is 0 Å². The number of anilines is 1. The lowest BCUT2D eigenvalue weighted by Gasteiger charge is -2.05. The Morgan fingerprint density at radius 1 is 1.29 bits per heavy atom. The Morgan fingerprint density at radius 3 is 2.46 bits per heavy atom. The molecule has 1 heterocycles. The SMILES string of the molecule is O=C(OCl)/C(=C\c1c(Cl)cccc1Cl)c1csc(NP(=O)(Cl)Cl)n1. The molecule has 0 saturated carbocycles. The van der Waals surface area contributed by atoms with Gasteiger partial charge >= 0.3 is 12.0 Å². The van der Waals surface area contributed by atoms with Gasteiger partial charge in [-0.1, -0.05) is 29.3 Å². The third kappa shape index (κ3) is 5.27. The number of hydrogen-bond donors (Lipinski definition) is 1. The van der Waals surface area contributed by atoms with Crippen LogP contribution in [0, 0.1) is 0 Å². The second-order valence-electron chi connectivity index (χ2n) is 4.17. The third-order valence-electron chi connectivity index (χ3n) is 2.58. The van der Waals surface area contributed by atoms with Crippen molar-refractivity contribution in [1.82, 2.24) is 4.98 Å². The van der Waals surface area contributed by atoms with E-state index in [4.69, 9.17) is 57.5 Å². The van der Waals surface area contributed by atoms with Gasteiger partial charge in [0.2, 0.25) is 0 Å². The van der Waals surface area contributed by atoms with E-state index in [1.165, 1.54) is 11.5 Å². The minimum atomic E-state index is -3.58. The van der Waals surface area contributed by atoms with Gasteiger partial charge in [-0.15, -0.1) is 11.3 Å². The quantitative estimate of drug-likeness (QED) is 0.393. The van der Waals surface area contributed by atoms with Gasteiger partial charge in [-0.3, -0.25) is 9.65 Å². The Morgan fingerprint density at radius 2 is 1.92 bits per heavy atom. The van der Waals surface area contributed by atoms with E-state index in [0.29, 0.717) is 15.6 Å². The topological polar surface area (TPSA) is 68.3 Å². The van der Waals surface area contributed by atoms with Crippen molar-refractivity contribution in [3.05, 3.63) is 44.9 Å². The molecule has 0 fully saturated rings. The van der Waals surface area contributed by atoms with Crippen molar-refractivity contribution < 1.29 is 13.6 Å². The number of rotatable bonds is 5. The Balaban J connectivity index is 2.49. The first-order valence-corrected chi connectivity index (χ1v) is 11.4. The van der Waals surface area contributed by atoms with Gasteiger partial charge in [-0.2, -0.15) is 0 Å². The molecule has 2 aromatic rings. The number of aromatic nitrogens is 1. The van der Waals surface area contributed by atoms with Crippen LogP contribution in [0.25, 0.3) is 11.6 Å². The highest BCUT2D eigenvalue weighted by molar-refractivity contribution is 8.09. The molecule has 0 aliphatic heterocycles. The van der Waals surface area contributed by atoms with Crippen LogP contribution in [0.4, 0.5) is 5.13 Å². The number of nitrogens with one attached hydrogen (secondary N) is 1. The average Bonchev–Trinajstić information content (AvgIpc) is 2.92. The van der Waals surface area contributed by atoms with E-state index < -0.39 is 12.0 Å². The largest absolute Gasteiger partial charge is 0.358 e. The Bertz CT molecular complexity index is 831. The molecule has 0 aliphatic rings. The standard InChI is InChI=1S/C12H6Cl5N2O3PS/c13-8-2-1-3-9(14)6(8)4-7(11(20)22-15)10-5-24-12(18-10)19-23(16,17)21/h1-5H,(H,18,19,21)/b7-4-. The number of carbonyl (C=O) groups is 1. The highest BCUT2D eigenvalue weighted by Crippen LogP contribution is 2.56. The molecule has 1 N–H and O–H groups in total. The Kier molecular flexibility index (Phi) is 6.85. The van der Waals surface area contributed by atoms with Crippen LogP contribution in [-0.2, 0) is 13.6 Å². The van der Waals surface area contributed by atoms with Crippen LogP contribution in [0.3, 0.4) is 0 Å². The van der Waals surface area contributed by atoms with Crippen LogP contribution in [0.2, 0.25) is 10.0 Å². The first-order valence-electron chi connectivity index (χ1n) is 5.93. The lowest BCUT2D eigenvalue weighted by atomic mass is 10.1. The van der Waals surface area contributed by atoms with Crippen LogP contribution >= 0.6 is 74.9 Å². The number of thiazole rings is 1. The van der Waals surface area contributed by atoms with E-state index in [0.717, 1.165) is 11.3 Å². The van der Waals surface area contributed by atoms with Crippen LogP contribution < -0.4 is 5.09 Å². The Hall–Kier alpha value is -0.460. The molecule has 0 amide bonds. The van der Waals surface area contributed by atoms with E-state index in [-0.39, 0.29) is 16.4 Å². The zero-order valence-corrected chi connectivity index (χ0v) is 16.8. The van der Waals surface area contributed by atoms with E-state index >= 15 is 0 Å². The fourth-order valence-corrected chi connectivity index (χ4v) is 4.43. The summed E-state index contributed by atoms with van der Waals surface area (Å²) in [7, 11) is 0.